The minimum atomic E-state index is 0.0504. The smallest absolute Gasteiger partial charge is 0.240 e. The van der Waals surface area contributed by atoms with Gasteiger partial charge in [-0.15, -0.1) is 0 Å². The molecule has 2 bridgehead atoms. The van der Waals surface area contributed by atoms with E-state index in [9.17, 15) is 4.79 Å². The number of rotatable bonds is 5. The molecule has 3 rings (SSSR count). The summed E-state index contributed by atoms with van der Waals surface area (Å²) < 4.78 is 2.36. The molecule has 2 saturated carbocycles. The van der Waals surface area contributed by atoms with Crippen LogP contribution in [0, 0.1) is 21.5 Å². The van der Waals surface area contributed by atoms with Crippen LogP contribution in [0.4, 0.5) is 0 Å². The fourth-order valence-corrected chi connectivity index (χ4v) is 4.95. The summed E-state index contributed by atoms with van der Waals surface area (Å²) in [5, 5.41) is 10.3. The third-order valence-corrected chi connectivity index (χ3v) is 7.05. The van der Waals surface area contributed by atoms with E-state index in [1.807, 2.05) is 4.57 Å². The van der Waals surface area contributed by atoms with Crippen LogP contribution in [0.1, 0.15) is 59.2 Å². The Kier molecular flexibility index (Phi) is 4.15. The first kappa shape index (κ1) is 16.7. The molecule has 23 heavy (non-hydrogen) atoms. The van der Waals surface area contributed by atoms with Crippen LogP contribution in [0.25, 0.3) is 0 Å². The molecule has 5 nitrogen and oxygen atoms in total. The lowest BCUT2D eigenvalue weighted by molar-refractivity contribution is -0.123. The highest BCUT2D eigenvalue weighted by Crippen LogP contribution is 2.65. The van der Waals surface area contributed by atoms with Crippen LogP contribution >= 0.6 is 12.2 Å². The first-order chi connectivity index (χ1) is 10.8. The fourth-order valence-electron chi connectivity index (χ4n) is 4.73. The van der Waals surface area contributed by atoms with Crippen LogP contribution in [0.3, 0.4) is 0 Å². The Balaban J connectivity index is 1.70. The number of H-pyrrole nitrogens is 1. The van der Waals surface area contributed by atoms with Gasteiger partial charge in [0.1, 0.15) is 12.4 Å². The van der Waals surface area contributed by atoms with Gasteiger partial charge in [0.05, 0.1) is 0 Å². The zero-order chi connectivity index (χ0) is 16.8. The maximum Gasteiger partial charge on any atom is 0.240 e. The van der Waals surface area contributed by atoms with E-state index >= 15 is 0 Å². The summed E-state index contributed by atoms with van der Waals surface area (Å²) in [6.45, 7) is 9.43. The predicted octanol–water partition coefficient (Wildman–Crippen LogP) is 3.22. The molecule has 1 aromatic rings. The highest BCUT2D eigenvalue weighted by Gasteiger charge is 2.61. The number of aromatic amines is 1. The molecule has 128 valence electrons. The zero-order valence-electron chi connectivity index (χ0n) is 14.6. The topological polar surface area (TPSA) is 62.7 Å². The summed E-state index contributed by atoms with van der Waals surface area (Å²) in [4.78, 5) is 12.6. The third kappa shape index (κ3) is 2.55. The van der Waals surface area contributed by atoms with Crippen molar-refractivity contribution >= 4 is 18.1 Å². The normalized spacial score (nSPS) is 31.5. The molecule has 0 saturated heterocycles. The number of amides is 1. The molecule has 1 aromatic heterocycles. The van der Waals surface area contributed by atoms with Crippen LogP contribution in [0.15, 0.2) is 0 Å². The molecule has 2 fully saturated rings. The van der Waals surface area contributed by atoms with E-state index in [1.165, 1.54) is 12.8 Å². The highest BCUT2D eigenvalue weighted by molar-refractivity contribution is 7.71. The molecule has 2 N–H and O–H groups in total. The van der Waals surface area contributed by atoms with Crippen molar-refractivity contribution in [3.05, 3.63) is 10.6 Å². The number of aryl methyl sites for hydroxylation is 1. The molecule has 0 radical (unpaired) electrons. The van der Waals surface area contributed by atoms with Gasteiger partial charge in [-0.05, 0) is 54.6 Å². The Labute approximate surface area is 143 Å². The van der Waals surface area contributed by atoms with Gasteiger partial charge in [-0.25, -0.2) is 0 Å². The quantitative estimate of drug-likeness (QED) is 0.812. The number of carbonyl (C=O) groups is 1. The molecule has 2 aliphatic rings. The maximum atomic E-state index is 12.6. The molecule has 1 heterocycles. The standard InChI is InChI=1S/C17H28N4OS/c1-5-6-13-19-20-15(23)21(13)10-14(22)18-12-9-11-7-8-17(12,4)16(11,2)3/h11-12H,5-10H2,1-4H3,(H,18,22)(H,20,23). The minimum absolute atomic E-state index is 0.0504. The molecule has 2 aliphatic carbocycles. The van der Waals surface area contributed by atoms with Gasteiger partial charge in [0.2, 0.25) is 5.91 Å². The monoisotopic (exact) mass is 336 g/mol. The predicted molar refractivity (Wildman–Crippen MR) is 92.6 cm³/mol. The van der Waals surface area contributed by atoms with Gasteiger partial charge in [0.25, 0.3) is 0 Å². The number of fused-ring (bicyclic) bond motifs is 2. The van der Waals surface area contributed by atoms with Gasteiger partial charge in [-0.3, -0.25) is 14.5 Å². The molecule has 0 aliphatic heterocycles. The molecule has 1 amide bonds. The summed E-state index contributed by atoms with van der Waals surface area (Å²) in [6, 6.07) is 0.277. The Morgan fingerprint density at radius 3 is 2.78 bits per heavy atom. The number of nitrogens with zero attached hydrogens (tertiary/aromatic N) is 2. The number of hydrogen-bond acceptors (Lipinski definition) is 3. The average molecular weight is 337 g/mol. The average Bonchev–Trinajstić information content (AvgIpc) is 2.99. The zero-order valence-corrected chi connectivity index (χ0v) is 15.4. The second-order valence-electron chi connectivity index (χ2n) is 8.01. The lowest BCUT2D eigenvalue weighted by atomic mass is 9.69. The van der Waals surface area contributed by atoms with Gasteiger partial charge in [0.15, 0.2) is 4.77 Å². The number of nitrogens with one attached hydrogen (secondary N) is 2. The first-order valence-electron chi connectivity index (χ1n) is 8.73. The Bertz CT molecular complexity index is 662. The molecular formula is C17H28N4OS. The van der Waals surface area contributed by atoms with E-state index in [0.29, 0.717) is 10.2 Å². The first-order valence-corrected chi connectivity index (χ1v) is 9.14. The molecule has 0 aromatic carbocycles. The van der Waals surface area contributed by atoms with Crippen LogP contribution in [-0.2, 0) is 17.8 Å². The van der Waals surface area contributed by atoms with Crippen molar-refractivity contribution in [2.45, 2.75) is 72.4 Å². The van der Waals surface area contributed by atoms with E-state index in [4.69, 9.17) is 12.2 Å². The van der Waals surface area contributed by atoms with E-state index in [0.717, 1.165) is 31.0 Å². The van der Waals surface area contributed by atoms with Crippen molar-refractivity contribution in [1.82, 2.24) is 20.1 Å². The lowest BCUT2D eigenvalue weighted by Crippen LogP contribution is -2.47. The van der Waals surface area contributed by atoms with Gasteiger partial charge >= 0.3 is 0 Å². The SMILES string of the molecule is CCCc1n[nH]c(=S)n1CC(=O)NC1CC2CCC1(C)C2(C)C. The molecule has 3 atom stereocenters. The Morgan fingerprint density at radius 2 is 2.22 bits per heavy atom. The van der Waals surface area contributed by atoms with Gasteiger partial charge in [-0.1, -0.05) is 27.7 Å². The molecule has 3 unspecified atom stereocenters. The van der Waals surface area contributed by atoms with Crippen molar-refractivity contribution in [2.75, 3.05) is 0 Å². The van der Waals surface area contributed by atoms with Crippen LogP contribution in [-0.4, -0.2) is 26.7 Å². The second kappa shape index (κ2) is 5.72. The number of carbonyl (C=O) groups excluding carboxylic acids is 1. The summed E-state index contributed by atoms with van der Waals surface area (Å²) in [6.07, 6.45) is 5.42. The van der Waals surface area contributed by atoms with Crippen molar-refractivity contribution in [2.24, 2.45) is 16.7 Å². The van der Waals surface area contributed by atoms with Crippen LogP contribution in [0.5, 0.6) is 0 Å². The second-order valence-corrected chi connectivity index (χ2v) is 8.40. The largest absolute Gasteiger partial charge is 0.351 e. The van der Waals surface area contributed by atoms with E-state index < -0.39 is 0 Å². The summed E-state index contributed by atoms with van der Waals surface area (Å²) >= 11 is 5.26. The third-order valence-electron chi connectivity index (χ3n) is 6.74. The molecule has 0 spiro atoms. The Morgan fingerprint density at radius 1 is 1.48 bits per heavy atom. The van der Waals surface area contributed by atoms with Crippen LogP contribution < -0.4 is 5.32 Å². The Hall–Kier alpha value is -1.17. The van der Waals surface area contributed by atoms with Crippen molar-refractivity contribution in [3.8, 4) is 0 Å². The minimum Gasteiger partial charge on any atom is -0.351 e. The van der Waals surface area contributed by atoms with Crippen LogP contribution in [0.2, 0.25) is 0 Å². The molecule has 6 heteroatoms. The number of hydrogen-bond donors (Lipinski definition) is 2. The molecular weight excluding hydrogens is 308 g/mol. The summed E-state index contributed by atoms with van der Waals surface area (Å²) in [5.41, 5.74) is 0.516. The highest BCUT2D eigenvalue weighted by atomic mass is 32.1. The van der Waals surface area contributed by atoms with Crippen molar-refractivity contribution < 1.29 is 4.79 Å². The summed E-state index contributed by atoms with van der Waals surface area (Å²) in [5.74, 6) is 1.64. The van der Waals surface area contributed by atoms with Gasteiger partial charge in [0, 0.05) is 12.5 Å². The number of aromatic nitrogens is 3. The maximum absolute atomic E-state index is 12.6. The summed E-state index contributed by atoms with van der Waals surface area (Å²) in [7, 11) is 0. The fraction of sp³-hybridized carbons (Fsp3) is 0.824. The van der Waals surface area contributed by atoms with Crippen molar-refractivity contribution in [3.63, 3.8) is 0 Å². The lowest BCUT2D eigenvalue weighted by Gasteiger charge is -2.39. The van der Waals surface area contributed by atoms with E-state index in [-0.39, 0.29) is 23.9 Å². The van der Waals surface area contributed by atoms with Gasteiger partial charge < -0.3 is 5.32 Å². The van der Waals surface area contributed by atoms with E-state index in [2.05, 4.69) is 43.2 Å². The van der Waals surface area contributed by atoms with Crippen molar-refractivity contribution in [1.29, 1.82) is 0 Å². The van der Waals surface area contributed by atoms with E-state index in [1.54, 1.807) is 0 Å². The van der Waals surface area contributed by atoms with Gasteiger partial charge in [-0.2, -0.15) is 5.10 Å².